The Balaban J connectivity index is 1.96. The lowest BCUT2D eigenvalue weighted by Gasteiger charge is -2.04. The molecule has 0 aliphatic carbocycles. The van der Waals surface area contributed by atoms with Gasteiger partial charge in [0.15, 0.2) is 0 Å². The Morgan fingerprint density at radius 2 is 1.67 bits per heavy atom. The number of pyridine rings is 1. The number of aromatic nitrogens is 1. The highest BCUT2D eigenvalue weighted by Gasteiger charge is 2.06. The summed E-state index contributed by atoms with van der Waals surface area (Å²) in [7, 11) is 1.35. The molecule has 6 heteroatoms. The van der Waals surface area contributed by atoms with Gasteiger partial charge in [-0.2, -0.15) is 0 Å². The maximum Gasteiger partial charge on any atom is 0.371 e. The Morgan fingerprint density at radius 1 is 1.04 bits per heavy atom. The molecular formula is C18H17NO5. The molecule has 0 aliphatic rings. The zero-order valence-corrected chi connectivity index (χ0v) is 13.1. The number of aliphatic hydroxyl groups is 1. The summed E-state index contributed by atoms with van der Waals surface area (Å²) in [6.07, 6.45) is 4.26. The van der Waals surface area contributed by atoms with E-state index in [0.29, 0.717) is 11.3 Å². The predicted molar refractivity (Wildman–Crippen MR) is 87.7 cm³/mol. The fraction of sp³-hybridized carbons (Fsp3) is 0.167. The van der Waals surface area contributed by atoms with E-state index < -0.39 is 11.7 Å². The molecule has 24 heavy (non-hydrogen) atoms. The first-order valence-electron chi connectivity index (χ1n) is 7.25. The number of esters is 1. The smallest absolute Gasteiger partial charge is 0.371 e. The van der Waals surface area contributed by atoms with E-state index in [4.69, 9.17) is 10.2 Å². The summed E-state index contributed by atoms with van der Waals surface area (Å²) >= 11 is 0. The summed E-state index contributed by atoms with van der Waals surface area (Å²) in [4.78, 5) is 26.0. The molecule has 0 fully saturated rings. The van der Waals surface area contributed by atoms with Crippen LogP contribution in [0.15, 0.2) is 48.4 Å². The maximum absolute atomic E-state index is 11.4. The van der Waals surface area contributed by atoms with Gasteiger partial charge in [-0.15, -0.1) is 0 Å². The first-order chi connectivity index (χ1) is 11.5. The van der Waals surface area contributed by atoms with Crippen LogP contribution < -0.4 is 0 Å². The lowest BCUT2D eigenvalue weighted by atomic mass is 10.0. The topological polar surface area (TPSA) is 96.7 Å². The van der Waals surface area contributed by atoms with Crippen molar-refractivity contribution in [2.75, 3.05) is 7.11 Å². The molecule has 0 saturated carbocycles. The van der Waals surface area contributed by atoms with E-state index in [2.05, 4.69) is 9.72 Å². The molecule has 0 spiro atoms. The van der Waals surface area contributed by atoms with E-state index in [-0.39, 0.29) is 5.97 Å². The van der Waals surface area contributed by atoms with Gasteiger partial charge in [-0.1, -0.05) is 18.2 Å². The predicted octanol–water partition coefficient (Wildman–Crippen LogP) is 2.64. The molecule has 0 atom stereocenters. The summed E-state index contributed by atoms with van der Waals surface area (Å²) in [5.41, 5.74) is 2.95. The van der Waals surface area contributed by atoms with Crippen LogP contribution in [0.3, 0.4) is 0 Å². The van der Waals surface area contributed by atoms with Crippen LogP contribution in [0.4, 0.5) is 0 Å². The van der Waals surface area contributed by atoms with Crippen molar-refractivity contribution in [3.8, 4) is 0 Å². The van der Waals surface area contributed by atoms with Crippen LogP contribution in [-0.2, 0) is 22.4 Å². The SMILES string of the molecule is COC(=O)c1ccc(CCc2ccc(/C=C(\O)C(=O)O)nc2)cc1. The molecule has 0 aliphatic heterocycles. The van der Waals surface area contributed by atoms with Crippen molar-refractivity contribution in [2.24, 2.45) is 0 Å². The molecule has 0 radical (unpaired) electrons. The highest BCUT2D eigenvalue weighted by Crippen LogP contribution is 2.11. The number of carbonyl (C=O) groups is 2. The van der Waals surface area contributed by atoms with Gasteiger partial charge >= 0.3 is 11.9 Å². The zero-order chi connectivity index (χ0) is 17.5. The van der Waals surface area contributed by atoms with Crippen LogP contribution in [-0.4, -0.2) is 34.2 Å². The van der Waals surface area contributed by atoms with Gasteiger partial charge in [0.05, 0.1) is 18.4 Å². The summed E-state index contributed by atoms with van der Waals surface area (Å²) < 4.78 is 4.65. The zero-order valence-electron chi connectivity index (χ0n) is 13.1. The number of carboxylic acid groups (broad SMARTS) is 1. The number of nitrogens with zero attached hydrogens (tertiary/aromatic N) is 1. The number of hydrogen-bond acceptors (Lipinski definition) is 5. The van der Waals surface area contributed by atoms with Gasteiger partial charge in [0.1, 0.15) is 0 Å². The van der Waals surface area contributed by atoms with Crippen LogP contribution in [0, 0.1) is 0 Å². The van der Waals surface area contributed by atoms with Gasteiger partial charge in [0.25, 0.3) is 0 Å². The minimum absolute atomic E-state index is 0.362. The largest absolute Gasteiger partial charge is 0.502 e. The van der Waals surface area contributed by atoms with E-state index in [1.165, 1.54) is 7.11 Å². The highest BCUT2D eigenvalue weighted by atomic mass is 16.5. The van der Waals surface area contributed by atoms with Crippen molar-refractivity contribution in [1.82, 2.24) is 4.98 Å². The number of benzene rings is 1. The molecule has 0 amide bonds. The van der Waals surface area contributed by atoms with Crippen LogP contribution in [0.1, 0.15) is 27.2 Å². The average Bonchev–Trinajstić information content (AvgIpc) is 2.60. The minimum Gasteiger partial charge on any atom is -0.502 e. The van der Waals surface area contributed by atoms with Crippen molar-refractivity contribution < 1.29 is 24.5 Å². The summed E-state index contributed by atoms with van der Waals surface area (Å²) in [6, 6.07) is 10.7. The van der Waals surface area contributed by atoms with E-state index in [9.17, 15) is 9.59 Å². The molecule has 0 unspecified atom stereocenters. The number of methoxy groups -OCH3 is 1. The molecule has 1 aromatic heterocycles. The normalized spacial score (nSPS) is 11.1. The minimum atomic E-state index is -1.39. The quantitative estimate of drug-likeness (QED) is 0.481. The second-order valence-corrected chi connectivity index (χ2v) is 5.11. The number of aryl methyl sites for hydroxylation is 2. The van der Waals surface area contributed by atoms with Crippen molar-refractivity contribution in [3.63, 3.8) is 0 Å². The Bertz CT molecular complexity index is 748. The number of rotatable bonds is 6. The van der Waals surface area contributed by atoms with Crippen molar-refractivity contribution in [1.29, 1.82) is 0 Å². The first kappa shape index (κ1) is 17.2. The molecule has 0 bridgehead atoms. The van der Waals surface area contributed by atoms with Crippen LogP contribution in [0.25, 0.3) is 6.08 Å². The third-order valence-electron chi connectivity index (χ3n) is 3.43. The fourth-order valence-corrected chi connectivity index (χ4v) is 2.09. The third-order valence-corrected chi connectivity index (χ3v) is 3.43. The van der Waals surface area contributed by atoms with Gasteiger partial charge in [0, 0.05) is 12.3 Å². The van der Waals surface area contributed by atoms with Crippen LogP contribution in [0.2, 0.25) is 0 Å². The second-order valence-electron chi connectivity index (χ2n) is 5.11. The van der Waals surface area contributed by atoms with Crippen LogP contribution >= 0.6 is 0 Å². The number of carboxylic acids is 1. The Kier molecular flexibility index (Phi) is 5.68. The molecule has 0 saturated heterocycles. The van der Waals surface area contributed by atoms with Gasteiger partial charge in [-0.25, -0.2) is 9.59 Å². The lowest BCUT2D eigenvalue weighted by molar-refractivity contribution is -0.135. The standard InChI is InChI=1S/C18H17NO5/c1-24-18(23)14-7-4-12(5-8-14)2-3-13-6-9-15(19-11-13)10-16(20)17(21)22/h4-11,20H,2-3H2,1H3,(H,21,22)/b16-10-. The van der Waals surface area contributed by atoms with E-state index >= 15 is 0 Å². The molecule has 6 nitrogen and oxygen atoms in total. The van der Waals surface area contributed by atoms with Gasteiger partial charge in [-0.3, -0.25) is 4.98 Å². The van der Waals surface area contributed by atoms with E-state index in [0.717, 1.165) is 30.0 Å². The Morgan fingerprint density at radius 3 is 2.21 bits per heavy atom. The Labute approximate surface area is 139 Å². The summed E-state index contributed by atoms with van der Waals surface area (Å²) in [6.45, 7) is 0. The molecule has 2 N–H and O–H groups in total. The third kappa shape index (κ3) is 4.67. The lowest BCUT2D eigenvalue weighted by Crippen LogP contribution is -2.01. The van der Waals surface area contributed by atoms with Crippen LogP contribution in [0.5, 0.6) is 0 Å². The van der Waals surface area contributed by atoms with Crippen molar-refractivity contribution >= 4 is 18.0 Å². The number of aliphatic hydroxyl groups excluding tert-OH is 1. The summed E-state index contributed by atoms with van der Waals surface area (Å²) in [5, 5.41) is 17.8. The highest BCUT2D eigenvalue weighted by molar-refractivity contribution is 5.89. The van der Waals surface area contributed by atoms with Crippen molar-refractivity contribution in [2.45, 2.75) is 12.8 Å². The average molecular weight is 327 g/mol. The number of hydrogen-bond donors (Lipinski definition) is 2. The number of ether oxygens (including phenoxy) is 1. The number of carbonyl (C=O) groups excluding carboxylic acids is 1. The van der Waals surface area contributed by atoms with E-state index in [1.54, 1.807) is 24.4 Å². The number of aliphatic carboxylic acids is 1. The second kappa shape index (κ2) is 7.92. The molecule has 2 rings (SSSR count). The molecule has 124 valence electrons. The van der Waals surface area contributed by atoms with Gasteiger partial charge in [0.2, 0.25) is 5.76 Å². The molecular weight excluding hydrogens is 310 g/mol. The Hall–Kier alpha value is -3.15. The first-order valence-corrected chi connectivity index (χ1v) is 7.25. The van der Waals surface area contributed by atoms with Gasteiger partial charge < -0.3 is 14.9 Å². The van der Waals surface area contributed by atoms with E-state index in [1.807, 2.05) is 18.2 Å². The van der Waals surface area contributed by atoms with Crippen molar-refractivity contribution in [3.05, 3.63) is 70.7 Å². The maximum atomic E-state index is 11.4. The van der Waals surface area contributed by atoms with Gasteiger partial charge in [-0.05, 0) is 42.2 Å². The summed E-state index contributed by atoms with van der Waals surface area (Å²) in [5.74, 6) is -2.50. The molecule has 1 aromatic carbocycles. The monoisotopic (exact) mass is 327 g/mol. The molecule has 2 aromatic rings. The fourth-order valence-electron chi connectivity index (χ4n) is 2.09. The molecule has 1 heterocycles.